The Kier molecular flexibility index (Phi) is 2.44. The van der Waals surface area contributed by atoms with Crippen LogP contribution in [0.2, 0.25) is 0 Å². The molecular formula is C10H16N2O2. The number of amides is 3. The molecule has 1 aliphatic heterocycles. The van der Waals surface area contributed by atoms with Gasteiger partial charge < -0.3 is 4.90 Å². The fourth-order valence-corrected chi connectivity index (χ4v) is 1.95. The summed E-state index contributed by atoms with van der Waals surface area (Å²) in [6.45, 7) is 3.26. The number of nitrogens with one attached hydrogen (secondary N) is 1. The molecule has 0 spiro atoms. The number of urea groups is 1. The first-order chi connectivity index (χ1) is 6.66. The van der Waals surface area contributed by atoms with Gasteiger partial charge in [0.2, 0.25) is 5.91 Å². The number of carbonyl (C=O) groups excluding carboxylic acids is 2. The van der Waals surface area contributed by atoms with Crippen molar-refractivity contribution in [3.05, 3.63) is 0 Å². The number of carbonyl (C=O) groups is 2. The lowest BCUT2D eigenvalue weighted by Gasteiger charge is -2.36. The van der Waals surface area contributed by atoms with E-state index in [4.69, 9.17) is 0 Å². The summed E-state index contributed by atoms with van der Waals surface area (Å²) in [6.07, 6.45) is 3.74. The molecule has 0 aromatic rings. The molecule has 1 saturated heterocycles. The Morgan fingerprint density at radius 2 is 2.14 bits per heavy atom. The van der Waals surface area contributed by atoms with Crippen molar-refractivity contribution in [3.63, 3.8) is 0 Å². The van der Waals surface area contributed by atoms with E-state index in [1.54, 1.807) is 4.90 Å². The van der Waals surface area contributed by atoms with Gasteiger partial charge in [0.15, 0.2) is 0 Å². The zero-order valence-corrected chi connectivity index (χ0v) is 8.45. The highest BCUT2D eigenvalue weighted by atomic mass is 16.2. The van der Waals surface area contributed by atoms with Gasteiger partial charge in [0.05, 0.1) is 5.92 Å². The van der Waals surface area contributed by atoms with Crippen molar-refractivity contribution in [3.8, 4) is 0 Å². The average Bonchev–Trinajstić information content (AvgIpc) is 2.06. The van der Waals surface area contributed by atoms with Crippen molar-refractivity contribution in [2.24, 2.45) is 11.8 Å². The molecule has 78 valence electrons. The molecule has 1 saturated carbocycles. The van der Waals surface area contributed by atoms with Gasteiger partial charge in [-0.1, -0.05) is 13.3 Å². The van der Waals surface area contributed by atoms with Crippen LogP contribution in [-0.2, 0) is 4.79 Å². The smallest absolute Gasteiger partial charge is 0.323 e. The van der Waals surface area contributed by atoms with Crippen LogP contribution in [0.25, 0.3) is 0 Å². The number of nitrogens with zero attached hydrogens (tertiary/aromatic N) is 1. The van der Waals surface area contributed by atoms with Crippen LogP contribution >= 0.6 is 0 Å². The fourth-order valence-electron chi connectivity index (χ4n) is 1.95. The van der Waals surface area contributed by atoms with E-state index in [1.165, 1.54) is 19.3 Å². The molecule has 0 bridgehead atoms. The van der Waals surface area contributed by atoms with Gasteiger partial charge in [0, 0.05) is 13.1 Å². The highest BCUT2D eigenvalue weighted by molar-refractivity contribution is 5.97. The van der Waals surface area contributed by atoms with Crippen LogP contribution in [0.3, 0.4) is 0 Å². The first kappa shape index (κ1) is 9.49. The van der Waals surface area contributed by atoms with E-state index in [1.807, 2.05) is 6.92 Å². The molecule has 2 rings (SSSR count). The molecule has 1 atom stereocenters. The summed E-state index contributed by atoms with van der Waals surface area (Å²) in [5.41, 5.74) is 0. The monoisotopic (exact) mass is 196 g/mol. The van der Waals surface area contributed by atoms with E-state index < -0.39 is 0 Å². The molecule has 4 heteroatoms. The van der Waals surface area contributed by atoms with Crippen LogP contribution in [0.15, 0.2) is 0 Å². The quantitative estimate of drug-likeness (QED) is 0.715. The van der Waals surface area contributed by atoms with Gasteiger partial charge in [-0.2, -0.15) is 0 Å². The highest BCUT2D eigenvalue weighted by Crippen LogP contribution is 2.27. The van der Waals surface area contributed by atoms with Gasteiger partial charge in [-0.15, -0.1) is 0 Å². The van der Waals surface area contributed by atoms with Gasteiger partial charge in [-0.05, 0) is 18.8 Å². The summed E-state index contributed by atoms with van der Waals surface area (Å²) in [6, 6.07) is -0.208. The molecule has 1 unspecified atom stereocenters. The predicted molar refractivity (Wildman–Crippen MR) is 51.6 cm³/mol. The van der Waals surface area contributed by atoms with E-state index in [-0.39, 0.29) is 17.9 Å². The minimum atomic E-state index is -0.208. The van der Waals surface area contributed by atoms with Crippen molar-refractivity contribution >= 4 is 11.9 Å². The lowest BCUT2D eigenvalue weighted by Crippen LogP contribution is -2.55. The first-order valence-electron chi connectivity index (χ1n) is 5.26. The molecule has 0 aromatic carbocycles. The summed E-state index contributed by atoms with van der Waals surface area (Å²) >= 11 is 0. The molecule has 1 heterocycles. The van der Waals surface area contributed by atoms with E-state index in [0.29, 0.717) is 12.5 Å². The predicted octanol–water partition coefficient (Wildman–Crippen LogP) is 0.974. The second-order valence-electron chi connectivity index (χ2n) is 4.40. The Labute approximate surface area is 83.6 Å². The third-order valence-electron chi connectivity index (χ3n) is 3.16. The van der Waals surface area contributed by atoms with E-state index in [9.17, 15) is 9.59 Å². The first-order valence-corrected chi connectivity index (χ1v) is 5.26. The SMILES string of the molecule is CC1CN(CC2CCC2)C(=O)NC1=O. The topological polar surface area (TPSA) is 49.4 Å². The van der Waals surface area contributed by atoms with Crippen LogP contribution in [0.4, 0.5) is 4.79 Å². The van der Waals surface area contributed by atoms with Crippen molar-refractivity contribution < 1.29 is 9.59 Å². The molecule has 1 aliphatic carbocycles. The van der Waals surface area contributed by atoms with Crippen LogP contribution in [-0.4, -0.2) is 29.9 Å². The van der Waals surface area contributed by atoms with Crippen LogP contribution in [0.5, 0.6) is 0 Å². The molecular weight excluding hydrogens is 180 g/mol. The van der Waals surface area contributed by atoms with Crippen molar-refractivity contribution in [2.45, 2.75) is 26.2 Å². The number of rotatable bonds is 2. The van der Waals surface area contributed by atoms with E-state index in [0.717, 1.165) is 6.54 Å². The molecule has 0 radical (unpaired) electrons. The third kappa shape index (κ3) is 1.74. The van der Waals surface area contributed by atoms with Gasteiger partial charge in [0.25, 0.3) is 0 Å². The van der Waals surface area contributed by atoms with Crippen LogP contribution in [0, 0.1) is 11.8 Å². The van der Waals surface area contributed by atoms with Crippen LogP contribution < -0.4 is 5.32 Å². The number of hydrogen-bond acceptors (Lipinski definition) is 2. The van der Waals surface area contributed by atoms with Gasteiger partial charge in [-0.25, -0.2) is 4.79 Å². The Morgan fingerprint density at radius 1 is 1.43 bits per heavy atom. The average molecular weight is 196 g/mol. The number of hydrogen-bond donors (Lipinski definition) is 1. The lowest BCUT2D eigenvalue weighted by molar-refractivity contribution is -0.125. The summed E-state index contributed by atoms with van der Waals surface area (Å²) in [7, 11) is 0. The van der Waals surface area contributed by atoms with Crippen molar-refractivity contribution in [2.75, 3.05) is 13.1 Å². The summed E-state index contributed by atoms with van der Waals surface area (Å²) in [4.78, 5) is 24.4. The Bertz CT molecular complexity index is 261. The normalized spacial score (nSPS) is 28.6. The number of imide groups is 1. The van der Waals surface area contributed by atoms with Gasteiger partial charge >= 0.3 is 6.03 Å². The summed E-state index contributed by atoms with van der Waals surface area (Å²) < 4.78 is 0. The van der Waals surface area contributed by atoms with Crippen LogP contribution in [0.1, 0.15) is 26.2 Å². The van der Waals surface area contributed by atoms with Crippen molar-refractivity contribution in [1.29, 1.82) is 0 Å². The maximum absolute atomic E-state index is 11.4. The molecule has 0 aromatic heterocycles. The lowest BCUT2D eigenvalue weighted by atomic mass is 9.85. The maximum atomic E-state index is 11.4. The summed E-state index contributed by atoms with van der Waals surface area (Å²) in [5, 5.41) is 2.38. The largest absolute Gasteiger partial charge is 0.324 e. The second-order valence-corrected chi connectivity index (χ2v) is 4.40. The van der Waals surface area contributed by atoms with Crippen molar-refractivity contribution in [1.82, 2.24) is 10.2 Å². The second kappa shape index (κ2) is 3.59. The minimum absolute atomic E-state index is 0.0622. The fraction of sp³-hybridized carbons (Fsp3) is 0.800. The molecule has 4 nitrogen and oxygen atoms in total. The standard InChI is InChI=1S/C10H16N2O2/c1-7-5-12(6-8-3-2-4-8)10(14)11-9(7)13/h7-8H,2-6H2,1H3,(H,11,13,14). The molecule has 2 aliphatic rings. The third-order valence-corrected chi connectivity index (χ3v) is 3.16. The van der Waals surface area contributed by atoms with E-state index in [2.05, 4.69) is 5.32 Å². The molecule has 2 fully saturated rings. The molecule has 3 amide bonds. The zero-order chi connectivity index (χ0) is 10.1. The highest BCUT2D eigenvalue weighted by Gasteiger charge is 2.31. The molecule has 14 heavy (non-hydrogen) atoms. The Balaban J connectivity index is 1.90. The van der Waals surface area contributed by atoms with E-state index >= 15 is 0 Å². The minimum Gasteiger partial charge on any atom is -0.323 e. The van der Waals surface area contributed by atoms with Gasteiger partial charge in [0.1, 0.15) is 0 Å². The molecule has 1 N–H and O–H groups in total. The Hall–Kier alpha value is -1.06. The van der Waals surface area contributed by atoms with Gasteiger partial charge in [-0.3, -0.25) is 10.1 Å². The summed E-state index contributed by atoms with van der Waals surface area (Å²) in [5.74, 6) is 0.466. The zero-order valence-electron chi connectivity index (χ0n) is 8.45. The Morgan fingerprint density at radius 3 is 2.71 bits per heavy atom. The maximum Gasteiger partial charge on any atom is 0.324 e.